The molecule has 1 heterocycles. The van der Waals surface area contributed by atoms with Crippen LogP contribution in [0.1, 0.15) is 16.8 Å². The summed E-state index contributed by atoms with van der Waals surface area (Å²) in [5.74, 6) is -2.10. The number of carbonyl (C=O) groups excluding carboxylic acids is 2. The zero-order valence-corrected chi connectivity index (χ0v) is 15.6. The van der Waals surface area contributed by atoms with Crippen LogP contribution >= 0.6 is 11.8 Å². The maximum Gasteiger partial charge on any atom is 0.335 e. The molecule has 0 bridgehead atoms. The number of anilines is 1. The average molecular weight is 401 g/mol. The van der Waals surface area contributed by atoms with Crippen molar-refractivity contribution in [1.82, 2.24) is 4.90 Å². The number of aromatic carboxylic acids is 1. The van der Waals surface area contributed by atoms with E-state index in [2.05, 4.69) is 10.3 Å². The molecule has 0 saturated carbocycles. The second kappa shape index (κ2) is 8.22. The second-order valence-electron chi connectivity index (χ2n) is 6.01. The van der Waals surface area contributed by atoms with Crippen molar-refractivity contribution in [2.45, 2.75) is 11.7 Å². The highest BCUT2D eigenvalue weighted by Gasteiger charge is 2.34. The lowest BCUT2D eigenvalue weighted by Gasteiger charge is -2.28. The van der Waals surface area contributed by atoms with Gasteiger partial charge in [-0.3, -0.25) is 14.5 Å². The van der Waals surface area contributed by atoms with Crippen molar-refractivity contribution < 1.29 is 23.9 Å². The lowest BCUT2D eigenvalue weighted by molar-refractivity contribution is -0.128. The van der Waals surface area contributed by atoms with Gasteiger partial charge in [0.15, 0.2) is 5.17 Å². The van der Waals surface area contributed by atoms with E-state index in [1.165, 1.54) is 53.4 Å². The number of hydrogen-bond donors (Lipinski definition) is 2. The third-order valence-electron chi connectivity index (χ3n) is 4.01. The lowest BCUT2D eigenvalue weighted by atomic mass is 10.2. The number of carboxylic acid groups (broad SMARTS) is 1. The van der Waals surface area contributed by atoms with Gasteiger partial charge >= 0.3 is 5.97 Å². The van der Waals surface area contributed by atoms with E-state index in [0.29, 0.717) is 16.5 Å². The number of benzene rings is 2. The van der Waals surface area contributed by atoms with E-state index in [9.17, 15) is 18.8 Å². The summed E-state index contributed by atoms with van der Waals surface area (Å²) in [4.78, 5) is 41.4. The van der Waals surface area contributed by atoms with E-state index in [1.54, 1.807) is 7.05 Å². The molecule has 1 aliphatic rings. The molecule has 0 spiro atoms. The average Bonchev–Trinajstić information content (AvgIpc) is 2.67. The lowest BCUT2D eigenvalue weighted by Crippen LogP contribution is -2.43. The third kappa shape index (κ3) is 4.55. The highest BCUT2D eigenvalue weighted by molar-refractivity contribution is 8.15. The van der Waals surface area contributed by atoms with Gasteiger partial charge in [0.1, 0.15) is 11.1 Å². The number of amides is 2. The van der Waals surface area contributed by atoms with Crippen LogP contribution < -0.4 is 5.32 Å². The Labute approximate surface area is 164 Å². The van der Waals surface area contributed by atoms with Gasteiger partial charge in [-0.05, 0) is 48.5 Å². The fourth-order valence-corrected chi connectivity index (χ4v) is 3.51. The van der Waals surface area contributed by atoms with Gasteiger partial charge in [-0.15, -0.1) is 0 Å². The first-order valence-electron chi connectivity index (χ1n) is 8.25. The molecule has 0 aliphatic carbocycles. The molecule has 1 saturated heterocycles. The highest BCUT2D eigenvalue weighted by atomic mass is 32.2. The summed E-state index contributed by atoms with van der Waals surface area (Å²) in [6, 6.07) is 11.2. The van der Waals surface area contributed by atoms with Crippen molar-refractivity contribution in [1.29, 1.82) is 0 Å². The largest absolute Gasteiger partial charge is 0.478 e. The summed E-state index contributed by atoms with van der Waals surface area (Å²) < 4.78 is 13.0. The molecule has 0 radical (unpaired) electrons. The molecule has 1 aliphatic heterocycles. The molecule has 2 amide bonds. The number of nitrogens with zero attached hydrogens (tertiary/aromatic N) is 2. The quantitative estimate of drug-likeness (QED) is 0.820. The van der Waals surface area contributed by atoms with Crippen LogP contribution in [0, 0.1) is 5.82 Å². The zero-order valence-electron chi connectivity index (χ0n) is 14.8. The summed E-state index contributed by atoms with van der Waals surface area (Å²) in [5, 5.41) is 11.2. The van der Waals surface area contributed by atoms with Gasteiger partial charge in [0.05, 0.1) is 11.3 Å². The predicted octanol–water partition coefficient (Wildman–Crippen LogP) is 3.11. The second-order valence-corrected chi connectivity index (χ2v) is 7.18. The van der Waals surface area contributed by atoms with E-state index < -0.39 is 17.0 Å². The predicted molar refractivity (Wildman–Crippen MR) is 104 cm³/mol. The molecule has 144 valence electrons. The normalized spacial score (nSPS) is 18.2. The van der Waals surface area contributed by atoms with Crippen LogP contribution in [-0.4, -0.2) is 45.3 Å². The van der Waals surface area contributed by atoms with E-state index in [-0.39, 0.29) is 23.8 Å². The van der Waals surface area contributed by atoms with Gasteiger partial charge in [0.25, 0.3) is 0 Å². The Hall–Kier alpha value is -3.20. The summed E-state index contributed by atoms with van der Waals surface area (Å²) in [6.45, 7) is 0. The molecule has 3 rings (SSSR count). The molecule has 1 atom stereocenters. The summed E-state index contributed by atoms with van der Waals surface area (Å²) in [7, 11) is 1.57. The molecule has 7 nitrogen and oxygen atoms in total. The summed E-state index contributed by atoms with van der Waals surface area (Å²) in [6.07, 6.45) is 0.00263. The Balaban J connectivity index is 1.74. The number of thioether (sulfide) groups is 1. The number of halogens is 1. The van der Waals surface area contributed by atoms with Crippen LogP contribution in [0.5, 0.6) is 0 Å². The van der Waals surface area contributed by atoms with Gasteiger partial charge < -0.3 is 10.4 Å². The number of nitrogens with one attached hydrogen (secondary N) is 1. The van der Waals surface area contributed by atoms with E-state index in [0.717, 1.165) is 11.8 Å². The Bertz CT molecular complexity index is 945. The molecule has 9 heteroatoms. The maximum absolute atomic E-state index is 13.0. The fourth-order valence-electron chi connectivity index (χ4n) is 2.44. The van der Waals surface area contributed by atoms with Crippen LogP contribution in [0.3, 0.4) is 0 Å². The first-order chi connectivity index (χ1) is 13.3. The molecule has 1 fully saturated rings. The van der Waals surface area contributed by atoms with Crippen molar-refractivity contribution in [3.8, 4) is 0 Å². The minimum Gasteiger partial charge on any atom is -0.478 e. The summed E-state index contributed by atoms with van der Waals surface area (Å²) >= 11 is 1.13. The van der Waals surface area contributed by atoms with E-state index in [1.807, 2.05) is 0 Å². The van der Waals surface area contributed by atoms with Crippen molar-refractivity contribution in [3.63, 3.8) is 0 Å². The zero-order chi connectivity index (χ0) is 20.3. The van der Waals surface area contributed by atoms with Gasteiger partial charge in [-0.2, -0.15) is 0 Å². The van der Waals surface area contributed by atoms with Crippen LogP contribution in [0.15, 0.2) is 53.5 Å². The van der Waals surface area contributed by atoms with E-state index >= 15 is 0 Å². The van der Waals surface area contributed by atoms with Crippen LogP contribution in [0.4, 0.5) is 15.8 Å². The molecular weight excluding hydrogens is 385 g/mol. The number of aliphatic imine (C=N–C) groups is 1. The molecule has 2 aromatic rings. The monoisotopic (exact) mass is 401 g/mol. The molecule has 0 unspecified atom stereocenters. The van der Waals surface area contributed by atoms with Crippen LogP contribution in [0.2, 0.25) is 0 Å². The molecule has 28 heavy (non-hydrogen) atoms. The SMILES string of the molecule is CN1C(=O)C[C@H](C(=O)Nc2ccc(C(=O)O)cc2)SC1=Nc1ccc(F)cc1. The van der Waals surface area contributed by atoms with Gasteiger partial charge in [0, 0.05) is 19.2 Å². The van der Waals surface area contributed by atoms with Crippen LogP contribution in [0.25, 0.3) is 0 Å². The standard InChI is InChI=1S/C19H16FN3O4S/c1-23-16(24)10-15(28-19(23)22-14-8-4-12(20)5-9-14)17(25)21-13-6-2-11(3-7-13)18(26)27/h2-9,15H,10H2,1H3,(H,21,25)(H,26,27)/t15-/m1/s1. The number of amidine groups is 1. The van der Waals surface area contributed by atoms with Crippen LogP contribution in [-0.2, 0) is 9.59 Å². The first-order valence-corrected chi connectivity index (χ1v) is 9.13. The van der Waals surface area contributed by atoms with Crippen molar-refractivity contribution in [2.75, 3.05) is 12.4 Å². The Morgan fingerprint density at radius 1 is 1.18 bits per heavy atom. The maximum atomic E-state index is 13.0. The summed E-state index contributed by atoms with van der Waals surface area (Å²) in [5.41, 5.74) is 1.00. The fraction of sp³-hybridized carbons (Fsp3) is 0.158. The van der Waals surface area contributed by atoms with Crippen molar-refractivity contribution in [2.24, 2.45) is 4.99 Å². The van der Waals surface area contributed by atoms with Gasteiger partial charge in [0.2, 0.25) is 11.8 Å². The van der Waals surface area contributed by atoms with Crippen molar-refractivity contribution in [3.05, 3.63) is 59.9 Å². The minimum atomic E-state index is -1.06. The van der Waals surface area contributed by atoms with Crippen molar-refractivity contribution >= 4 is 46.1 Å². The third-order valence-corrected chi connectivity index (χ3v) is 5.25. The Kier molecular flexibility index (Phi) is 5.74. The minimum absolute atomic E-state index is 0.00263. The van der Waals surface area contributed by atoms with Gasteiger partial charge in [-0.1, -0.05) is 11.8 Å². The molecular formula is C19H16FN3O4S. The molecule has 2 aromatic carbocycles. The van der Waals surface area contributed by atoms with Gasteiger partial charge in [-0.25, -0.2) is 14.2 Å². The molecule has 2 N–H and O–H groups in total. The molecule has 0 aromatic heterocycles. The van der Waals surface area contributed by atoms with E-state index in [4.69, 9.17) is 5.11 Å². The first kappa shape index (κ1) is 19.6. The number of carbonyl (C=O) groups is 3. The number of carboxylic acids is 1. The Morgan fingerprint density at radius 2 is 1.82 bits per heavy atom. The topological polar surface area (TPSA) is 99.1 Å². The number of hydrogen-bond acceptors (Lipinski definition) is 5. The number of rotatable bonds is 4. The Morgan fingerprint density at radius 3 is 2.43 bits per heavy atom. The highest BCUT2D eigenvalue weighted by Crippen LogP contribution is 2.29. The smallest absolute Gasteiger partial charge is 0.335 e.